The van der Waals surface area contributed by atoms with E-state index in [1.165, 1.54) is 12.1 Å². The number of anilines is 1. The van der Waals surface area contributed by atoms with E-state index in [0.717, 1.165) is 6.42 Å². The molecule has 0 aliphatic carbocycles. The average molecular weight is 903 g/mol. The Bertz CT molecular complexity index is 1800. The van der Waals surface area contributed by atoms with Crippen LogP contribution in [0.3, 0.4) is 0 Å². The fraction of sp³-hybridized carbons (Fsp3) is 0.776. The topological polar surface area (TPSA) is 165 Å². The third-order valence-corrected chi connectivity index (χ3v) is 16.1. The summed E-state index contributed by atoms with van der Waals surface area (Å²) in [5.41, 5.74) is -1.09. The molecule has 18 atom stereocenters. The zero-order valence-corrected chi connectivity index (χ0v) is 39.9. The summed E-state index contributed by atoms with van der Waals surface area (Å²) in [7, 11) is 0. The minimum atomic E-state index is -1.29. The molecule has 1 aromatic carbocycles. The Hall–Kier alpha value is -2.56. The van der Waals surface area contributed by atoms with E-state index in [1.807, 2.05) is 53.7 Å². The van der Waals surface area contributed by atoms with Crippen LogP contribution < -0.4 is 10.6 Å². The fourth-order valence-electron chi connectivity index (χ4n) is 11.5. The van der Waals surface area contributed by atoms with E-state index in [-0.39, 0.29) is 35.5 Å². The Morgan fingerprint density at radius 2 is 1.60 bits per heavy atom. The molecule has 354 valence electrons. The predicted molar refractivity (Wildman–Crippen MR) is 242 cm³/mol. The second kappa shape index (κ2) is 19.7. The lowest BCUT2D eigenvalue weighted by Gasteiger charge is -2.55. The summed E-state index contributed by atoms with van der Waals surface area (Å²) < 4.78 is 48.5. The van der Waals surface area contributed by atoms with E-state index in [0.29, 0.717) is 68.6 Å². The van der Waals surface area contributed by atoms with Crippen molar-refractivity contribution in [2.45, 2.75) is 199 Å². The van der Waals surface area contributed by atoms with Crippen molar-refractivity contribution in [1.29, 1.82) is 0 Å². The first-order valence-electron chi connectivity index (χ1n) is 23.7. The fourth-order valence-corrected chi connectivity index (χ4v) is 11.8. The van der Waals surface area contributed by atoms with Crippen molar-refractivity contribution in [3.63, 3.8) is 0 Å². The zero-order chi connectivity index (χ0) is 46.2. The minimum absolute atomic E-state index is 0.0220. The van der Waals surface area contributed by atoms with Crippen molar-refractivity contribution in [2.75, 3.05) is 5.32 Å². The summed E-state index contributed by atoms with van der Waals surface area (Å²) in [6.45, 7) is 19.7. The van der Waals surface area contributed by atoms with Gasteiger partial charge in [0.1, 0.15) is 17.6 Å². The van der Waals surface area contributed by atoms with E-state index >= 15 is 0 Å². The Balaban J connectivity index is 1.25. The predicted octanol–water partition coefficient (Wildman–Crippen LogP) is 8.32. The smallest absolute Gasteiger partial charge is 0.309 e. The number of hydrogen-bond acceptors (Lipinski definition) is 10. The van der Waals surface area contributed by atoms with E-state index < -0.39 is 89.0 Å². The average Bonchev–Trinajstić information content (AvgIpc) is 3.59. The van der Waals surface area contributed by atoms with E-state index in [2.05, 4.69) is 31.4 Å². The van der Waals surface area contributed by atoms with Gasteiger partial charge in [0.05, 0.1) is 53.7 Å². The SMILES string of the molecule is CCC(C(=O)[C@@H](C)[C@@H](O)[C@H](C)[C@@H]1O[C@@H]([C@@H](CC)C(=O)O)CC[C@@H]1C)[C@H]1O[C@]2(C=C[C@@H](NC(=S)Nc3ccc(F)cc3)[C@]3(CC[C@@](C)([C@H]4CC[C@](O)(CC)[C@H](C)O4)O3)O2)[C@H](C)C[C@@H]1C. The molecule has 5 N–H and O–H groups in total. The van der Waals surface area contributed by atoms with Gasteiger partial charge in [-0.2, -0.15) is 0 Å². The van der Waals surface area contributed by atoms with E-state index in [9.17, 15) is 29.3 Å². The molecule has 5 heterocycles. The molecule has 5 aliphatic rings. The highest BCUT2D eigenvalue weighted by Crippen LogP contribution is 2.54. The van der Waals surface area contributed by atoms with Crippen molar-refractivity contribution < 1.29 is 53.0 Å². The van der Waals surface area contributed by atoms with Crippen LogP contribution in [-0.4, -0.2) is 97.6 Å². The molecule has 0 amide bonds. The second-order valence-electron chi connectivity index (χ2n) is 20.1. The molecule has 1 unspecified atom stereocenters. The van der Waals surface area contributed by atoms with Crippen molar-refractivity contribution in [2.24, 2.45) is 41.4 Å². The molecule has 0 aromatic heterocycles. The summed E-state index contributed by atoms with van der Waals surface area (Å²) in [5.74, 6) is -6.32. The maximum Gasteiger partial charge on any atom is 0.309 e. The van der Waals surface area contributed by atoms with Gasteiger partial charge in [0.25, 0.3) is 0 Å². The number of ether oxygens (including phenoxy) is 5. The number of benzene rings is 1. The number of ketones is 1. The van der Waals surface area contributed by atoms with Crippen LogP contribution in [0.15, 0.2) is 36.4 Å². The summed E-state index contributed by atoms with van der Waals surface area (Å²) >= 11 is 5.80. The van der Waals surface area contributed by atoms with Gasteiger partial charge in [0.2, 0.25) is 0 Å². The van der Waals surface area contributed by atoms with Crippen LogP contribution in [0.4, 0.5) is 10.1 Å². The Morgan fingerprint density at radius 3 is 2.22 bits per heavy atom. The Kier molecular flexibility index (Phi) is 15.6. The van der Waals surface area contributed by atoms with Crippen molar-refractivity contribution in [3.05, 3.63) is 42.2 Å². The van der Waals surface area contributed by atoms with Gasteiger partial charge in [-0.25, -0.2) is 4.39 Å². The quantitative estimate of drug-likeness (QED) is 0.0895. The molecule has 0 radical (unpaired) electrons. The van der Waals surface area contributed by atoms with Crippen LogP contribution in [0, 0.1) is 47.2 Å². The monoisotopic (exact) mass is 903 g/mol. The molecule has 0 saturated carbocycles. The van der Waals surface area contributed by atoms with Crippen LogP contribution in [0.25, 0.3) is 0 Å². The maximum absolute atomic E-state index is 14.7. The number of aliphatic carboxylic acids is 1. The largest absolute Gasteiger partial charge is 0.481 e. The molecule has 0 bridgehead atoms. The minimum Gasteiger partial charge on any atom is -0.481 e. The molecule has 4 fully saturated rings. The highest BCUT2D eigenvalue weighted by atomic mass is 32.1. The zero-order valence-electron chi connectivity index (χ0n) is 39.1. The number of hydrogen-bond donors (Lipinski definition) is 5. The molecule has 6 rings (SSSR count). The number of halogens is 1. The molecular weight excluding hydrogens is 828 g/mol. The van der Waals surface area contributed by atoms with Crippen LogP contribution in [0.2, 0.25) is 0 Å². The summed E-state index contributed by atoms with van der Waals surface area (Å²) in [5, 5.41) is 39.9. The number of carboxylic acid groups (broad SMARTS) is 1. The molecule has 4 saturated heterocycles. The van der Waals surface area contributed by atoms with Gasteiger partial charge >= 0.3 is 5.97 Å². The molecule has 63 heavy (non-hydrogen) atoms. The third-order valence-electron chi connectivity index (χ3n) is 15.9. The van der Waals surface area contributed by atoms with Crippen molar-refractivity contribution in [1.82, 2.24) is 5.32 Å². The van der Waals surface area contributed by atoms with Crippen LogP contribution in [0.5, 0.6) is 0 Å². The molecule has 1 aromatic rings. The van der Waals surface area contributed by atoms with Gasteiger partial charge in [0, 0.05) is 35.8 Å². The van der Waals surface area contributed by atoms with Crippen LogP contribution >= 0.6 is 12.2 Å². The standard InChI is InChI=1S/C49H75FN2O10S/c1-11-35(44(55)56)37-19-14-27(4)42(59-37)31(8)40(53)30(7)41(54)36(12-2)43-28(5)26-29(6)48(60-43)23-20-38(52-45(63)51-34-17-15-33(50)16-18-34)49(62-48)25-24-46(10,61-49)39-21-22-47(57,13-3)32(9)58-39/h15-18,20,23,27-32,35-40,42-43,53,57H,11-14,19,21-22,24-26H2,1-10H3,(H,55,56)(H2,51,52,63)/t27-,28-,29+,30-,31-,32-,35+,36?,37+,38+,39+,40+,42+,43-,46-,47+,48-,49-/m0/s1. The van der Waals surface area contributed by atoms with E-state index in [4.69, 9.17) is 35.9 Å². The third kappa shape index (κ3) is 10.1. The number of rotatable bonds is 14. The molecule has 2 spiro atoms. The van der Waals surface area contributed by atoms with Gasteiger partial charge in [-0.15, -0.1) is 0 Å². The van der Waals surface area contributed by atoms with Crippen LogP contribution in [-0.2, 0) is 33.3 Å². The van der Waals surface area contributed by atoms with Gasteiger partial charge in [-0.05, 0) is 126 Å². The number of carbonyl (C=O) groups excluding carboxylic acids is 1. The maximum atomic E-state index is 14.7. The number of aliphatic hydroxyl groups excluding tert-OH is 1. The van der Waals surface area contributed by atoms with Crippen molar-refractivity contribution in [3.8, 4) is 0 Å². The van der Waals surface area contributed by atoms with Gasteiger partial charge < -0.3 is 49.6 Å². The highest BCUT2D eigenvalue weighted by Gasteiger charge is 2.63. The first kappa shape index (κ1) is 49.9. The lowest BCUT2D eigenvalue weighted by Crippen LogP contribution is -2.66. The normalized spacial score (nSPS) is 40.5. The summed E-state index contributed by atoms with van der Waals surface area (Å²) in [6.07, 6.45) is 6.65. The molecule has 14 heteroatoms. The number of aliphatic hydroxyl groups is 2. The molecule has 12 nitrogen and oxygen atoms in total. The Labute approximate surface area is 379 Å². The van der Waals surface area contributed by atoms with Crippen LogP contribution in [0.1, 0.15) is 133 Å². The first-order chi connectivity index (χ1) is 29.6. The van der Waals surface area contributed by atoms with Gasteiger partial charge in [-0.1, -0.05) is 61.5 Å². The van der Waals surface area contributed by atoms with Gasteiger partial charge in [0.15, 0.2) is 16.7 Å². The lowest BCUT2D eigenvalue weighted by atomic mass is 9.72. The number of carboxylic acids is 1. The first-order valence-corrected chi connectivity index (χ1v) is 24.1. The molecule has 5 aliphatic heterocycles. The van der Waals surface area contributed by atoms with E-state index in [1.54, 1.807) is 19.1 Å². The molecular formula is C49H75FN2O10S. The number of thiocarbonyl (C=S) groups is 1. The Morgan fingerprint density at radius 1 is 0.921 bits per heavy atom. The number of nitrogens with one attached hydrogen (secondary N) is 2. The van der Waals surface area contributed by atoms with Crippen molar-refractivity contribution >= 4 is 34.8 Å². The number of Topliss-reactive ketones (excluding diaryl/α,β-unsaturated/α-hetero) is 1. The summed E-state index contributed by atoms with van der Waals surface area (Å²) in [6, 6.07) is 5.35. The van der Waals surface area contributed by atoms with Gasteiger partial charge in [-0.3, -0.25) is 9.59 Å². The number of carbonyl (C=O) groups is 2. The highest BCUT2D eigenvalue weighted by molar-refractivity contribution is 7.80. The lowest BCUT2D eigenvalue weighted by molar-refractivity contribution is -0.397. The summed E-state index contributed by atoms with van der Waals surface area (Å²) in [4.78, 5) is 26.7. The second-order valence-corrected chi connectivity index (χ2v) is 20.5.